The molecule has 1 atom stereocenters. The Morgan fingerprint density at radius 1 is 1.35 bits per heavy atom. The van der Waals surface area contributed by atoms with E-state index >= 15 is 0 Å². The van der Waals surface area contributed by atoms with Gasteiger partial charge in [0.1, 0.15) is 0 Å². The first-order valence-electron chi connectivity index (χ1n) is 5.50. The van der Waals surface area contributed by atoms with Gasteiger partial charge in [-0.15, -0.1) is 0 Å². The Hall–Kier alpha value is -1.49. The van der Waals surface area contributed by atoms with Crippen molar-refractivity contribution in [3.05, 3.63) is 35.9 Å². The second kappa shape index (κ2) is 4.41. The fourth-order valence-electron chi connectivity index (χ4n) is 1.94. The van der Waals surface area contributed by atoms with Crippen molar-refractivity contribution in [3.8, 4) is 0 Å². The smallest absolute Gasteiger partial charge is 0.336 e. The number of hydrogen-bond acceptors (Lipinski definition) is 2. The Bertz CT molecular complexity index is 408. The Morgan fingerprint density at radius 2 is 2.00 bits per heavy atom. The van der Waals surface area contributed by atoms with Gasteiger partial charge in [0.15, 0.2) is 0 Å². The summed E-state index contributed by atoms with van der Waals surface area (Å²) in [6.45, 7) is 0.518. The standard InChI is InChI=1S/C12H14F2N2O/c13-12(14,9-4-2-1-3-5-9)11(17)16-7-6-10(15)8-16/h1-5,10H,6-8,15H2/t10-/m1/s1. The lowest BCUT2D eigenvalue weighted by atomic mass is 10.1. The summed E-state index contributed by atoms with van der Waals surface area (Å²) in [5.41, 5.74) is 5.33. The predicted octanol–water partition coefficient (Wildman–Crippen LogP) is 1.34. The van der Waals surface area contributed by atoms with Crippen LogP contribution in [0.5, 0.6) is 0 Å². The fraction of sp³-hybridized carbons (Fsp3) is 0.417. The van der Waals surface area contributed by atoms with E-state index in [1.165, 1.54) is 24.3 Å². The molecule has 0 radical (unpaired) electrons. The SMILES string of the molecule is N[C@@H]1CCN(C(=O)C(F)(F)c2ccccc2)C1. The molecule has 0 unspecified atom stereocenters. The number of hydrogen-bond donors (Lipinski definition) is 1. The van der Waals surface area contributed by atoms with Gasteiger partial charge < -0.3 is 10.6 Å². The molecule has 0 aromatic heterocycles. The third kappa shape index (κ3) is 2.29. The van der Waals surface area contributed by atoms with E-state index in [4.69, 9.17) is 5.73 Å². The van der Waals surface area contributed by atoms with E-state index in [1.807, 2.05) is 0 Å². The Labute approximate surface area is 98.2 Å². The Morgan fingerprint density at radius 3 is 2.53 bits per heavy atom. The van der Waals surface area contributed by atoms with Crippen LogP contribution in [-0.2, 0) is 10.7 Å². The molecule has 1 amide bonds. The Kier molecular flexibility index (Phi) is 3.11. The van der Waals surface area contributed by atoms with E-state index in [2.05, 4.69) is 0 Å². The molecule has 0 spiro atoms. The second-order valence-corrected chi connectivity index (χ2v) is 4.24. The van der Waals surface area contributed by atoms with E-state index in [0.717, 1.165) is 4.90 Å². The van der Waals surface area contributed by atoms with Crippen molar-refractivity contribution in [3.63, 3.8) is 0 Å². The van der Waals surface area contributed by atoms with E-state index in [0.29, 0.717) is 13.0 Å². The average Bonchev–Trinajstić information content (AvgIpc) is 2.76. The normalized spacial score (nSPS) is 20.6. The number of benzene rings is 1. The summed E-state index contributed by atoms with van der Waals surface area (Å²) in [5.74, 6) is -4.62. The maximum absolute atomic E-state index is 13.9. The zero-order valence-corrected chi connectivity index (χ0v) is 9.27. The average molecular weight is 240 g/mol. The number of nitrogens with two attached hydrogens (primary N) is 1. The molecule has 2 rings (SSSR count). The quantitative estimate of drug-likeness (QED) is 0.847. The van der Waals surface area contributed by atoms with Crippen LogP contribution in [0, 0.1) is 0 Å². The van der Waals surface area contributed by atoms with E-state index in [9.17, 15) is 13.6 Å². The molecule has 17 heavy (non-hydrogen) atoms. The highest BCUT2D eigenvalue weighted by atomic mass is 19.3. The number of amides is 1. The minimum absolute atomic E-state index is 0.189. The zero-order chi connectivity index (χ0) is 12.5. The van der Waals surface area contributed by atoms with Crippen LogP contribution in [-0.4, -0.2) is 29.9 Å². The van der Waals surface area contributed by atoms with Gasteiger partial charge in [0.25, 0.3) is 5.91 Å². The van der Waals surface area contributed by atoms with Gasteiger partial charge in [-0.3, -0.25) is 4.79 Å². The number of alkyl halides is 2. The van der Waals surface area contributed by atoms with Crippen LogP contribution in [0.3, 0.4) is 0 Å². The molecule has 1 saturated heterocycles. The van der Waals surface area contributed by atoms with E-state index in [-0.39, 0.29) is 18.2 Å². The Balaban J connectivity index is 2.18. The lowest BCUT2D eigenvalue weighted by Crippen LogP contribution is -2.41. The summed E-state index contributed by atoms with van der Waals surface area (Å²) in [6, 6.07) is 6.95. The zero-order valence-electron chi connectivity index (χ0n) is 9.27. The summed E-state index contributed by atoms with van der Waals surface area (Å²) in [7, 11) is 0. The van der Waals surface area contributed by atoms with Crippen molar-refractivity contribution in [1.29, 1.82) is 0 Å². The van der Waals surface area contributed by atoms with Gasteiger partial charge in [0.2, 0.25) is 0 Å². The molecule has 0 aliphatic carbocycles. The summed E-state index contributed by atoms with van der Waals surface area (Å²) in [5, 5.41) is 0. The van der Waals surface area contributed by atoms with Crippen LogP contribution in [0.4, 0.5) is 8.78 Å². The molecule has 1 aromatic carbocycles. The largest absolute Gasteiger partial charge is 0.349 e. The lowest BCUT2D eigenvalue weighted by Gasteiger charge is -2.23. The minimum Gasteiger partial charge on any atom is -0.336 e. The molecule has 1 aliphatic rings. The van der Waals surface area contributed by atoms with Crippen molar-refractivity contribution in [2.24, 2.45) is 5.73 Å². The predicted molar refractivity (Wildman–Crippen MR) is 59.5 cm³/mol. The third-order valence-corrected chi connectivity index (χ3v) is 2.92. The number of rotatable bonds is 2. The highest BCUT2D eigenvalue weighted by molar-refractivity contribution is 5.85. The van der Waals surface area contributed by atoms with Gasteiger partial charge in [-0.1, -0.05) is 30.3 Å². The molecule has 1 aliphatic heterocycles. The van der Waals surface area contributed by atoms with Crippen LogP contribution in [0.25, 0.3) is 0 Å². The lowest BCUT2D eigenvalue weighted by molar-refractivity contribution is -0.157. The fourth-order valence-corrected chi connectivity index (χ4v) is 1.94. The first kappa shape index (κ1) is 12.0. The van der Waals surface area contributed by atoms with Crippen LogP contribution >= 0.6 is 0 Å². The van der Waals surface area contributed by atoms with Crippen molar-refractivity contribution < 1.29 is 13.6 Å². The van der Waals surface area contributed by atoms with Gasteiger partial charge in [-0.2, -0.15) is 8.78 Å². The number of likely N-dealkylation sites (tertiary alicyclic amines) is 1. The summed E-state index contributed by atoms with van der Waals surface area (Å²) < 4.78 is 27.8. The molecule has 1 heterocycles. The molecule has 5 heteroatoms. The molecule has 92 valence electrons. The van der Waals surface area contributed by atoms with Gasteiger partial charge >= 0.3 is 5.92 Å². The van der Waals surface area contributed by atoms with Crippen molar-refractivity contribution in [2.45, 2.75) is 18.4 Å². The van der Waals surface area contributed by atoms with Gasteiger partial charge in [0.05, 0.1) is 0 Å². The summed E-state index contributed by atoms with van der Waals surface area (Å²) in [6.07, 6.45) is 0.580. The van der Waals surface area contributed by atoms with Gasteiger partial charge in [-0.25, -0.2) is 0 Å². The third-order valence-electron chi connectivity index (χ3n) is 2.92. The van der Waals surface area contributed by atoms with Crippen LogP contribution < -0.4 is 5.73 Å². The maximum atomic E-state index is 13.9. The van der Waals surface area contributed by atoms with Crippen molar-refractivity contribution in [2.75, 3.05) is 13.1 Å². The molecule has 0 bridgehead atoms. The molecule has 1 fully saturated rings. The summed E-state index contributed by atoms with van der Waals surface area (Å²) >= 11 is 0. The first-order valence-corrected chi connectivity index (χ1v) is 5.50. The molecule has 1 aromatic rings. The second-order valence-electron chi connectivity index (χ2n) is 4.24. The van der Waals surface area contributed by atoms with Gasteiger partial charge in [-0.05, 0) is 6.42 Å². The van der Waals surface area contributed by atoms with Crippen molar-refractivity contribution in [1.82, 2.24) is 4.90 Å². The monoisotopic (exact) mass is 240 g/mol. The van der Waals surface area contributed by atoms with Gasteiger partial charge in [0, 0.05) is 24.7 Å². The molecular formula is C12H14F2N2O. The number of carbonyl (C=O) groups is 1. The first-order chi connectivity index (χ1) is 8.01. The number of halogens is 2. The summed E-state index contributed by atoms with van der Waals surface area (Å²) in [4.78, 5) is 12.9. The van der Waals surface area contributed by atoms with Crippen LogP contribution in [0.15, 0.2) is 30.3 Å². The van der Waals surface area contributed by atoms with Crippen LogP contribution in [0.2, 0.25) is 0 Å². The highest BCUT2D eigenvalue weighted by Crippen LogP contribution is 2.31. The topological polar surface area (TPSA) is 46.3 Å². The van der Waals surface area contributed by atoms with E-state index < -0.39 is 11.8 Å². The highest BCUT2D eigenvalue weighted by Gasteiger charge is 2.45. The number of nitrogens with zero attached hydrogens (tertiary/aromatic N) is 1. The van der Waals surface area contributed by atoms with E-state index in [1.54, 1.807) is 6.07 Å². The minimum atomic E-state index is -3.47. The molecular weight excluding hydrogens is 226 g/mol. The molecule has 2 N–H and O–H groups in total. The molecule has 0 saturated carbocycles. The number of carbonyl (C=O) groups excluding carboxylic acids is 1. The van der Waals surface area contributed by atoms with Crippen LogP contribution in [0.1, 0.15) is 12.0 Å². The van der Waals surface area contributed by atoms with Crippen molar-refractivity contribution >= 4 is 5.91 Å². The molecule has 3 nitrogen and oxygen atoms in total. The maximum Gasteiger partial charge on any atom is 0.349 e.